The monoisotopic (exact) mass is 254 g/mol. The number of aliphatic carboxylic acids is 1. The molecule has 0 atom stereocenters. The zero-order chi connectivity index (χ0) is 14.1. The molecule has 98 valence electrons. The molecule has 0 aliphatic carbocycles. The number of rotatable bonds is 6. The molecular formula is C10H14N4O4. The van der Waals surface area contributed by atoms with Gasteiger partial charge in [0.05, 0.1) is 0 Å². The summed E-state index contributed by atoms with van der Waals surface area (Å²) >= 11 is 0. The molecule has 0 aromatic carbocycles. The van der Waals surface area contributed by atoms with Gasteiger partial charge in [-0.2, -0.15) is 5.26 Å². The van der Waals surface area contributed by atoms with Crippen LogP contribution in [-0.2, 0) is 14.4 Å². The first-order valence-electron chi connectivity index (χ1n) is 5.01. The molecule has 0 saturated carbocycles. The second-order valence-corrected chi connectivity index (χ2v) is 3.23. The summed E-state index contributed by atoms with van der Waals surface area (Å²) in [5.41, 5.74) is 4.91. The second kappa shape index (κ2) is 7.81. The molecule has 0 aliphatic rings. The van der Waals surface area contributed by atoms with E-state index in [1.807, 2.05) is 5.32 Å². The topological polar surface area (TPSA) is 137 Å². The molecule has 18 heavy (non-hydrogen) atoms. The van der Waals surface area contributed by atoms with Gasteiger partial charge in [-0.1, -0.05) is 0 Å². The minimum Gasteiger partial charge on any atom is -0.480 e. The van der Waals surface area contributed by atoms with Gasteiger partial charge >= 0.3 is 5.97 Å². The van der Waals surface area contributed by atoms with E-state index < -0.39 is 18.4 Å². The Morgan fingerprint density at radius 1 is 1.50 bits per heavy atom. The Morgan fingerprint density at radius 2 is 2.11 bits per heavy atom. The molecule has 0 saturated heterocycles. The summed E-state index contributed by atoms with van der Waals surface area (Å²) in [6.07, 6.45) is 1.05. The van der Waals surface area contributed by atoms with Crippen molar-refractivity contribution >= 4 is 17.8 Å². The van der Waals surface area contributed by atoms with Crippen LogP contribution in [0.2, 0.25) is 0 Å². The van der Waals surface area contributed by atoms with Gasteiger partial charge in [-0.3, -0.25) is 14.4 Å². The Morgan fingerprint density at radius 3 is 2.50 bits per heavy atom. The summed E-state index contributed by atoms with van der Waals surface area (Å²) in [6, 6.07) is 1.59. The Kier molecular flexibility index (Phi) is 6.76. The average Bonchev–Trinajstić information content (AvgIpc) is 2.31. The first kappa shape index (κ1) is 15.6. The van der Waals surface area contributed by atoms with Gasteiger partial charge in [-0.05, 0) is 0 Å². The minimum absolute atomic E-state index is 0.159. The predicted molar refractivity (Wildman–Crippen MR) is 60.8 cm³/mol. The van der Waals surface area contributed by atoms with E-state index in [1.165, 1.54) is 6.92 Å². The molecule has 0 radical (unpaired) electrons. The van der Waals surface area contributed by atoms with Gasteiger partial charge < -0.3 is 21.1 Å². The third-order valence-electron chi connectivity index (χ3n) is 1.82. The Hall–Kier alpha value is -2.40. The number of nitrogens with two attached hydrogens (primary N) is 1. The van der Waals surface area contributed by atoms with E-state index >= 15 is 0 Å². The maximum atomic E-state index is 11.4. The van der Waals surface area contributed by atoms with Crippen LogP contribution >= 0.6 is 0 Å². The molecule has 0 aromatic rings. The van der Waals surface area contributed by atoms with E-state index in [2.05, 4.69) is 0 Å². The van der Waals surface area contributed by atoms with Crippen LogP contribution in [0.25, 0.3) is 0 Å². The van der Waals surface area contributed by atoms with Crippen LogP contribution in [-0.4, -0.2) is 47.4 Å². The Balaban J connectivity index is 4.83. The number of hydrogen-bond acceptors (Lipinski definition) is 5. The Bertz CT molecular complexity index is 411. The maximum absolute atomic E-state index is 11.4. The number of carboxylic acid groups (broad SMARTS) is 1. The highest BCUT2D eigenvalue weighted by Gasteiger charge is 2.13. The molecule has 0 bridgehead atoms. The fourth-order valence-electron chi connectivity index (χ4n) is 0.997. The lowest BCUT2D eigenvalue weighted by atomic mass is 10.3. The predicted octanol–water partition coefficient (Wildman–Crippen LogP) is -1.60. The number of hydrogen-bond donors (Lipinski definition) is 3. The lowest BCUT2D eigenvalue weighted by Gasteiger charge is -2.15. The molecule has 4 N–H and O–H groups in total. The molecule has 8 nitrogen and oxygen atoms in total. The van der Waals surface area contributed by atoms with Crippen molar-refractivity contribution in [3.63, 3.8) is 0 Å². The van der Waals surface area contributed by atoms with Crippen molar-refractivity contribution in [2.75, 3.05) is 19.6 Å². The first-order valence-corrected chi connectivity index (χ1v) is 5.01. The van der Waals surface area contributed by atoms with Gasteiger partial charge in [-0.25, -0.2) is 0 Å². The lowest BCUT2D eigenvalue weighted by Crippen LogP contribution is -2.33. The van der Waals surface area contributed by atoms with Crippen molar-refractivity contribution in [1.29, 1.82) is 5.26 Å². The van der Waals surface area contributed by atoms with Crippen molar-refractivity contribution in [1.82, 2.24) is 10.2 Å². The Labute approximate surface area is 104 Å². The van der Waals surface area contributed by atoms with E-state index in [1.54, 1.807) is 6.07 Å². The van der Waals surface area contributed by atoms with Gasteiger partial charge in [0.15, 0.2) is 0 Å². The maximum Gasteiger partial charge on any atom is 0.322 e. The quantitative estimate of drug-likeness (QED) is 0.385. The molecule has 8 heteroatoms. The zero-order valence-corrected chi connectivity index (χ0v) is 9.84. The van der Waals surface area contributed by atoms with Crippen LogP contribution in [0.15, 0.2) is 11.8 Å². The summed E-state index contributed by atoms with van der Waals surface area (Å²) in [5, 5.41) is 19.2. The van der Waals surface area contributed by atoms with E-state index in [-0.39, 0.29) is 24.6 Å². The van der Waals surface area contributed by atoms with Crippen molar-refractivity contribution in [2.24, 2.45) is 5.73 Å². The van der Waals surface area contributed by atoms with Crippen LogP contribution in [0.1, 0.15) is 6.92 Å². The summed E-state index contributed by atoms with van der Waals surface area (Å²) in [7, 11) is 0. The van der Waals surface area contributed by atoms with Gasteiger partial charge in [-0.15, -0.1) is 0 Å². The van der Waals surface area contributed by atoms with Crippen molar-refractivity contribution in [3.8, 4) is 6.07 Å². The molecular weight excluding hydrogens is 240 g/mol. The van der Waals surface area contributed by atoms with Crippen molar-refractivity contribution < 1.29 is 19.5 Å². The third kappa shape index (κ3) is 5.62. The number of carboxylic acids is 1. The van der Waals surface area contributed by atoms with Gasteiger partial charge in [0.2, 0.25) is 5.91 Å². The number of carbonyl (C=O) groups excluding carboxylic acids is 2. The molecule has 0 heterocycles. The molecule has 0 rings (SSSR count). The number of nitriles is 1. The molecule has 0 spiro atoms. The van der Waals surface area contributed by atoms with Gasteiger partial charge in [0.1, 0.15) is 18.2 Å². The van der Waals surface area contributed by atoms with Crippen LogP contribution in [0.4, 0.5) is 0 Å². The van der Waals surface area contributed by atoms with Crippen LogP contribution in [0.5, 0.6) is 0 Å². The van der Waals surface area contributed by atoms with Crippen LogP contribution in [0.3, 0.4) is 0 Å². The van der Waals surface area contributed by atoms with Crippen molar-refractivity contribution in [2.45, 2.75) is 6.92 Å². The van der Waals surface area contributed by atoms with E-state index in [0.717, 1.165) is 11.1 Å². The van der Waals surface area contributed by atoms with Crippen LogP contribution in [0, 0.1) is 11.3 Å². The summed E-state index contributed by atoms with van der Waals surface area (Å²) in [6.45, 7) is 0.989. The van der Waals surface area contributed by atoms with Crippen molar-refractivity contribution in [3.05, 3.63) is 11.8 Å². The van der Waals surface area contributed by atoms with E-state index in [0.29, 0.717) is 0 Å². The fraction of sp³-hybridized carbons (Fsp3) is 0.400. The number of nitrogens with zero attached hydrogens (tertiary/aromatic N) is 2. The summed E-state index contributed by atoms with van der Waals surface area (Å²) in [4.78, 5) is 33.9. The van der Waals surface area contributed by atoms with E-state index in [4.69, 9.17) is 16.1 Å². The standard InChI is InChI=1S/C10H14N4O4/c1-7(15)14(3-2-11)6-8(4-12)10(18)13-5-9(16)17/h6H,2-3,5,11H2,1H3,(H,13,18)(H,16,17)/b8-6-. The number of carbonyl (C=O) groups is 3. The summed E-state index contributed by atoms with van der Waals surface area (Å²) in [5.74, 6) is -2.46. The highest BCUT2D eigenvalue weighted by Crippen LogP contribution is 1.98. The van der Waals surface area contributed by atoms with Gasteiger partial charge in [0, 0.05) is 26.2 Å². The second-order valence-electron chi connectivity index (χ2n) is 3.23. The fourth-order valence-corrected chi connectivity index (χ4v) is 0.997. The van der Waals surface area contributed by atoms with Gasteiger partial charge in [0.25, 0.3) is 5.91 Å². The highest BCUT2D eigenvalue weighted by atomic mass is 16.4. The molecule has 0 aliphatic heterocycles. The molecule has 2 amide bonds. The normalized spacial score (nSPS) is 10.4. The molecule has 0 unspecified atom stereocenters. The summed E-state index contributed by atoms with van der Waals surface area (Å²) < 4.78 is 0. The largest absolute Gasteiger partial charge is 0.480 e. The number of nitrogens with one attached hydrogen (secondary N) is 1. The third-order valence-corrected chi connectivity index (χ3v) is 1.82. The smallest absolute Gasteiger partial charge is 0.322 e. The average molecular weight is 254 g/mol. The first-order chi connectivity index (χ1) is 8.42. The minimum atomic E-state index is -1.23. The molecule has 0 fully saturated rings. The SMILES string of the molecule is CC(=O)N(/C=C(/C#N)C(=O)NCC(=O)O)CCN. The molecule has 0 aromatic heterocycles. The lowest BCUT2D eigenvalue weighted by molar-refractivity contribution is -0.137. The van der Waals surface area contributed by atoms with E-state index in [9.17, 15) is 14.4 Å². The number of amides is 2. The highest BCUT2D eigenvalue weighted by molar-refractivity contribution is 5.98. The van der Waals surface area contributed by atoms with Crippen LogP contribution < -0.4 is 11.1 Å². The zero-order valence-electron chi connectivity index (χ0n) is 9.84.